The minimum absolute atomic E-state index is 0.0278. The fourth-order valence-electron chi connectivity index (χ4n) is 3.02. The number of hydrogen-bond acceptors (Lipinski definition) is 3. The van der Waals surface area contributed by atoms with Crippen molar-refractivity contribution >= 4 is 27.7 Å². The number of nitrogens with zero attached hydrogens (tertiary/aromatic N) is 1. The molecule has 0 aliphatic carbocycles. The first-order valence-electron chi connectivity index (χ1n) is 9.83. The normalized spacial score (nSPS) is 11.9. The molecule has 30 heavy (non-hydrogen) atoms. The van der Waals surface area contributed by atoms with E-state index in [9.17, 15) is 14.0 Å². The first-order chi connectivity index (χ1) is 14.1. The topological polar surface area (TPSA) is 58.6 Å². The highest BCUT2D eigenvalue weighted by atomic mass is 79.9. The van der Waals surface area contributed by atoms with Crippen LogP contribution in [0.3, 0.4) is 0 Å². The molecule has 0 aromatic heterocycles. The summed E-state index contributed by atoms with van der Waals surface area (Å²) in [6.45, 7) is 8.91. The highest BCUT2D eigenvalue weighted by Crippen LogP contribution is 2.26. The molecule has 1 N–H and O–H groups in total. The fourth-order valence-corrected chi connectivity index (χ4v) is 3.24. The Morgan fingerprint density at radius 3 is 2.30 bits per heavy atom. The van der Waals surface area contributed by atoms with Crippen LogP contribution in [0.1, 0.15) is 37.5 Å². The molecule has 2 rings (SSSR count). The molecule has 162 valence electrons. The number of rotatable bonds is 8. The van der Waals surface area contributed by atoms with Gasteiger partial charge in [-0.1, -0.05) is 34.1 Å². The van der Waals surface area contributed by atoms with Crippen LogP contribution in [-0.4, -0.2) is 35.4 Å². The van der Waals surface area contributed by atoms with Gasteiger partial charge >= 0.3 is 0 Å². The lowest BCUT2D eigenvalue weighted by atomic mass is 10.1. The van der Waals surface area contributed by atoms with Gasteiger partial charge in [-0.3, -0.25) is 9.59 Å². The summed E-state index contributed by atoms with van der Waals surface area (Å²) in [5.41, 5.74) is 2.32. The third-order valence-electron chi connectivity index (χ3n) is 4.67. The highest BCUT2D eigenvalue weighted by molar-refractivity contribution is 9.10. The standard InChI is InChI=1S/C23H28BrFN2O3/c1-14(2)26-23(29)17(5)27(12-18-8-6-7-9-20(18)25)21(28)13-30-19-10-15(3)22(24)16(4)11-19/h6-11,14,17H,12-13H2,1-5H3,(H,26,29)/t17-/m0/s1. The van der Waals surface area contributed by atoms with Gasteiger partial charge in [0.05, 0.1) is 0 Å². The Labute approximate surface area is 185 Å². The average Bonchev–Trinajstić information content (AvgIpc) is 2.68. The van der Waals surface area contributed by atoms with E-state index < -0.39 is 17.8 Å². The van der Waals surface area contributed by atoms with Gasteiger partial charge in [-0.05, 0) is 63.9 Å². The number of aryl methyl sites for hydroxylation is 2. The molecule has 1 atom stereocenters. The van der Waals surface area contributed by atoms with Crippen molar-refractivity contribution in [1.29, 1.82) is 0 Å². The van der Waals surface area contributed by atoms with Crippen molar-refractivity contribution in [3.8, 4) is 5.75 Å². The SMILES string of the molecule is Cc1cc(OCC(=O)N(Cc2ccccc2F)[C@@H](C)C(=O)NC(C)C)cc(C)c1Br. The number of nitrogens with one attached hydrogen (secondary N) is 1. The van der Waals surface area contributed by atoms with Gasteiger partial charge in [0, 0.05) is 22.6 Å². The number of halogens is 2. The van der Waals surface area contributed by atoms with Crippen molar-refractivity contribution in [2.75, 3.05) is 6.61 Å². The Balaban J connectivity index is 2.21. The summed E-state index contributed by atoms with van der Waals surface area (Å²) in [7, 11) is 0. The summed E-state index contributed by atoms with van der Waals surface area (Å²) in [6.07, 6.45) is 0. The van der Waals surface area contributed by atoms with Crippen LogP contribution in [0.25, 0.3) is 0 Å². The van der Waals surface area contributed by atoms with E-state index in [1.165, 1.54) is 11.0 Å². The van der Waals surface area contributed by atoms with Gasteiger partial charge in [0.15, 0.2) is 6.61 Å². The van der Waals surface area contributed by atoms with Gasteiger partial charge in [-0.2, -0.15) is 0 Å². The molecule has 0 heterocycles. The van der Waals surface area contributed by atoms with Crippen LogP contribution < -0.4 is 10.1 Å². The molecule has 7 heteroatoms. The first-order valence-corrected chi connectivity index (χ1v) is 10.6. The molecule has 0 spiro atoms. The molecule has 2 aromatic carbocycles. The third kappa shape index (κ3) is 6.29. The monoisotopic (exact) mass is 478 g/mol. The van der Waals surface area contributed by atoms with Crippen LogP contribution in [0.4, 0.5) is 4.39 Å². The number of ether oxygens (including phenoxy) is 1. The van der Waals surface area contributed by atoms with Crippen molar-refractivity contribution in [1.82, 2.24) is 10.2 Å². The molecule has 0 aliphatic heterocycles. The van der Waals surface area contributed by atoms with E-state index in [2.05, 4.69) is 21.2 Å². The predicted octanol–water partition coefficient (Wildman–Crippen LogP) is 4.53. The zero-order valence-electron chi connectivity index (χ0n) is 18.0. The van der Waals surface area contributed by atoms with Gasteiger partial charge in [-0.25, -0.2) is 4.39 Å². The van der Waals surface area contributed by atoms with Crippen molar-refractivity contribution < 1.29 is 18.7 Å². The molecule has 5 nitrogen and oxygen atoms in total. The van der Waals surface area contributed by atoms with Gasteiger partial charge < -0.3 is 15.0 Å². The van der Waals surface area contributed by atoms with Crippen molar-refractivity contribution in [2.45, 2.75) is 53.2 Å². The van der Waals surface area contributed by atoms with E-state index in [-0.39, 0.29) is 25.1 Å². The average molecular weight is 479 g/mol. The molecule has 0 aliphatic rings. The Hall–Kier alpha value is -2.41. The second-order valence-electron chi connectivity index (χ2n) is 7.61. The minimum atomic E-state index is -0.781. The van der Waals surface area contributed by atoms with Crippen molar-refractivity contribution in [2.24, 2.45) is 0 Å². The second kappa shape index (κ2) is 10.6. The summed E-state index contributed by atoms with van der Waals surface area (Å²) in [5, 5.41) is 2.80. The molecule has 2 aromatic rings. The Morgan fingerprint density at radius 2 is 1.73 bits per heavy atom. The third-order valence-corrected chi connectivity index (χ3v) is 5.92. The fraction of sp³-hybridized carbons (Fsp3) is 0.391. The van der Waals surface area contributed by atoms with E-state index in [4.69, 9.17) is 4.74 Å². The molecular weight excluding hydrogens is 451 g/mol. The van der Waals surface area contributed by atoms with Gasteiger partial charge in [-0.15, -0.1) is 0 Å². The predicted molar refractivity (Wildman–Crippen MR) is 119 cm³/mol. The van der Waals surface area contributed by atoms with E-state index in [0.29, 0.717) is 11.3 Å². The molecule has 0 radical (unpaired) electrons. The van der Waals surface area contributed by atoms with Crippen LogP contribution in [0.15, 0.2) is 40.9 Å². The number of hydrogen-bond donors (Lipinski definition) is 1. The number of benzene rings is 2. The maximum Gasteiger partial charge on any atom is 0.261 e. The quantitative estimate of drug-likeness (QED) is 0.606. The lowest BCUT2D eigenvalue weighted by molar-refractivity contribution is -0.142. The Morgan fingerprint density at radius 1 is 1.13 bits per heavy atom. The minimum Gasteiger partial charge on any atom is -0.484 e. The highest BCUT2D eigenvalue weighted by Gasteiger charge is 2.27. The van der Waals surface area contributed by atoms with Crippen LogP contribution in [0, 0.1) is 19.7 Å². The molecular formula is C23H28BrFN2O3. The Kier molecular flexibility index (Phi) is 8.41. The summed E-state index contributed by atoms with van der Waals surface area (Å²) in [5.74, 6) is -0.563. The second-order valence-corrected chi connectivity index (χ2v) is 8.41. The number of amides is 2. The van der Waals surface area contributed by atoms with Crippen LogP contribution in [0.2, 0.25) is 0 Å². The summed E-state index contributed by atoms with van der Waals surface area (Å²) < 4.78 is 20.9. The van der Waals surface area contributed by atoms with Gasteiger partial charge in [0.1, 0.15) is 17.6 Å². The molecule has 0 bridgehead atoms. The smallest absolute Gasteiger partial charge is 0.261 e. The molecule has 2 amide bonds. The summed E-state index contributed by atoms with van der Waals surface area (Å²) in [4.78, 5) is 26.9. The van der Waals surface area contributed by atoms with E-state index >= 15 is 0 Å². The van der Waals surface area contributed by atoms with Gasteiger partial charge in [0.2, 0.25) is 5.91 Å². The molecule has 0 unspecified atom stereocenters. The molecule has 0 saturated carbocycles. The van der Waals surface area contributed by atoms with Crippen LogP contribution >= 0.6 is 15.9 Å². The van der Waals surface area contributed by atoms with E-state index in [1.54, 1.807) is 25.1 Å². The van der Waals surface area contributed by atoms with Crippen molar-refractivity contribution in [3.63, 3.8) is 0 Å². The van der Waals surface area contributed by atoms with E-state index in [0.717, 1.165) is 15.6 Å². The van der Waals surface area contributed by atoms with E-state index in [1.807, 2.05) is 39.8 Å². The van der Waals surface area contributed by atoms with Crippen LogP contribution in [0.5, 0.6) is 5.75 Å². The van der Waals surface area contributed by atoms with Gasteiger partial charge in [0.25, 0.3) is 5.91 Å². The number of carbonyl (C=O) groups is 2. The summed E-state index contributed by atoms with van der Waals surface area (Å²) in [6, 6.07) is 9.03. The largest absolute Gasteiger partial charge is 0.484 e. The van der Waals surface area contributed by atoms with Crippen LogP contribution in [-0.2, 0) is 16.1 Å². The molecule has 0 saturated heterocycles. The Bertz CT molecular complexity index is 894. The maximum atomic E-state index is 14.2. The number of carbonyl (C=O) groups excluding carboxylic acids is 2. The zero-order valence-corrected chi connectivity index (χ0v) is 19.5. The molecule has 0 fully saturated rings. The maximum absolute atomic E-state index is 14.2. The zero-order chi connectivity index (χ0) is 22.4. The lowest BCUT2D eigenvalue weighted by Crippen LogP contribution is -2.50. The first kappa shape index (κ1) is 23.9. The van der Waals surface area contributed by atoms with Crippen molar-refractivity contribution in [3.05, 3.63) is 63.4 Å². The summed E-state index contributed by atoms with van der Waals surface area (Å²) >= 11 is 3.50. The lowest BCUT2D eigenvalue weighted by Gasteiger charge is -2.29.